The van der Waals surface area contributed by atoms with E-state index in [4.69, 9.17) is 47.4 Å². The molecule has 0 saturated carbocycles. The lowest BCUT2D eigenvalue weighted by atomic mass is 9.88. The molecule has 0 bridgehead atoms. The number of carbonyl (C=O) groups is 1. The van der Waals surface area contributed by atoms with Crippen LogP contribution in [0.2, 0.25) is 0 Å². The van der Waals surface area contributed by atoms with E-state index < -0.39 is 223 Å². The van der Waals surface area contributed by atoms with E-state index in [0.717, 1.165) is 6.92 Å². The van der Waals surface area contributed by atoms with Gasteiger partial charge in [0.2, 0.25) is 5.91 Å². The van der Waals surface area contributed by atoms with Crippen molar-refractivity contribution in [3.05, 3.63) is 11.3 Å². The van der Waals surface area contributed by atoms with E-state index in [9.17, 15) is 91.6 Å². The van der Waals surface area contributed by atoms with Gasteiger partial charge in [-0.2, -0.15) is 0 Å². The quantitative estimate of drug-likeness (QED) is 0.0534. The molecule has 5 aliphatic rings. The van der Waals surface area contributed by atoms with Crippen LogP contribution in [0.3, 0.4) is 0 Å². The predicted octanol–water partition coefficient (Wildman–Crippen LogP) is -11.1. The summed E-state index contributed by atoms with van der Waals surface area (Å²) in [5, 5.41) is 183. The van der Waals surface area contributed by atoms with E-state index in [2.05, 4.69) is 5.32 Å². The van der Waals surface area contributed by atoms with Gasteiger partial charge in [0.1, 0.15) is 134 Å². The molecule has 0 aliphatic carbocycles. The summed E-state index contributed by atoms with van der Waals surface area (Å²) >= 11 is 0. The molecular formula is C39H67NO28. The highest BCUT2D eigenvalue weighted by Crippen LogP contribution is 2.39. The second-order valence-electron chi connectivity index (χ2n) is 17.0. The average molecular weight is 998 g/mol. The lowest BCUT2D eigenvalue weighted by Crippen LogP contribution is -2.70. The molecule has 68 heavy (non-hydrogen) atoms. The Bertz CT molecular complexity index is 1600. The predicted molar refractivity (Wildman–Crippen MR) is 213 cm³/mol. The van der Waals surface area contributed by atoms with Crippen molar-refractivity contribution in [3.63, 3.8) is 0 Å². The lowest BCUT2D eigenvalue weighted by Gasteiger charge is -2.50. The summed E-state index contributed by atoms with van der Waals surface area (Å²) in [6.45, 7) is -2.37. The van der Waals surface area contributed by atoms with E-state index >= 15 is 0 Å². The van der Waals surface area contributed by atoms with Crippen molar-refractivity contribution in [2.45, 2.75) is 180 Å². The largest absolute Gasteiger partial charge is 0.487 e. The van der Waals surface area contributed by atoms with Crippen molar-refractivity contribution < 1.29 is 139 Å². The van der Waals surface area contributed by atoms with Crippen LogP contribution < -0.4 is 5.32 Å². The van der Waals surface area contributed by atoms with Crippen molar-refractivity contribution in [1.29, 1.82) is 0 Å². The molecule has 29 nitrogen and oxygen atoms in total. The van der Waals surface area contributed by atoms with Crippen LogP contribution in [0.4, 0.5) is 0 Å². The minimum Gasteiger partial charge on any atom is -0.487 e. The Morgan fingerprint density at radius 1 is 0.632 bits per heavy atom. The van der Waals surface area contributed by atoms with Gasteiger partial charge in [-0.3, -0.25) is 4.79 Å². The molecule has 0 spiro atoms. The Hall–Kier alpha value is -2.03. The molecule has 26 atom stereocenters. The van der Waals surface area contributed by atoms with Gasteiger partial charge in [0, 0.05) is 12.5 Å². The molecule has 0 aromatic carbocycles. The number of aliphatic hydroxyl groups excluding tert-OH is 17. The zero-order chi connectivity index (χ0) is 50.5. The maximum atomic E-state index is 12.8. The maximum absolute atomic E-state index is 12.8. The SMILES string of the molecule is CC(=O)NC1C(OC2C(O)C(CO)OC(OC3C(O)C(O)CO[C@H]3CO)C2O)OC(CO)C(O)C1OC1OC(CO)/C(=C2\OC(CO)C(O)C(O)[C@@H]2O)[C@@H](O)C1O[C@@H](C)OC(C)C(O)[C@H](O)CO. The molecule has 5 saturated heterocycles. The van der Waals surface area contributed by atoms with Crippen LogP contribution >= 0.6 is 0 Å². The fourth-order valence-electron chi connectivity index (χ4n) is 8.53. The Labute approximate surface area is 387 Å². The molecule has 1 amide bonds. The second kappa shape index (κ2) is 25.1. The monoisotopic (exact) mass is 997 g/mol. The topological polar surface area (TPSA) is 465 Å². The van der Waals surface area contributed by atoms with Crippen molar-refractivity contribution >= 4 is 5.91 Å². The second-order valence-corrected chi connectivity index (χ2v) is 17.0. The van der Waals surface area contributed by atoms with Crippen molar-refractivity contribution in [2.75, 3.05) is 46.2 Å². The molecule has 396 valence electrons. The first kappa shape index (κ1) is 56.9. The first-order chi connectivity index (χ1) is 32.2. The summed E-state index contributed by atoms with van der Waals surface area (Å²) in [6, 6.07) is -1.77. The molecule has 0 radical (unpaired) electrons. The minimum atomic E-state index is -2.15. The summed E-state index contributed by atoms with van der Waals surface area (Å²) in [7, 11) is 0. The molecule has 5 aliphatic heterocycles. The fourth-order valence-corrected chi connectivity index (χ4v) is 8.53. The van der Waals surface area contributed by atoms with Crippen molar-refractivity contribution in [1.82, 2.24) is 5.32 Å². The number of ether oxygens (including phenoxy) is 10. The zero-order valence-electron chi connectivity index (χ0n) is 37.1. The molecule has 0 aromatic rings. The van der Waals surface area contributed by atoms with Gasteiger partial charge in [0.05, 0.1) is 52.4 Å². The van der Waals surface area contributed by atoms with E-state index in [1.165, 1.54) is 13.8 Å². The van der Waals surface area contributed by atoms with Crippen LogP contribution in [0.25, 0.3) is 0 Å². The smallest absolute Gasteiger partial charge is 0.217 e. The minimum absolute atomic E-state index is 0.393. The van der Waals surface area contributed by atoms with Gasteiger partial charge >= 0.3 is 0 Å². The summed E-state index contributed by atoms with van der Waals surface area (Å²) in [4.78, 5) is 12.8. The lowest BCUT2D eigenvalue weighted by molar-refractivity contribution is -0.373. The number of hydrogen-bond acceptors (Lipinski definition) is 28. The molecule has 5 fully saturated rings. The van der Waals surface area contributed by atoms with Gasteiger partial charge < -0.3 is 139 Å². The van der Waals surface area contributed by atoms with Crippen LogP contribution in [-0.4, -0.2) is 298 Å². The number of aliphatic hydroxyl groups is 17. The summed E-state index contributed by atoms with van der Waals surface area (Å²) in [6.07, 6.45) is -44.8. The van der Waals surface area contributed by atoms with Gasteiger partial charge in [-0.25, -0.2) is 0 Å². The zero-order valence-corrected chi connectivity index (χ0v) is 37.1. The highest BCUT2D eigenvalue weighted by Gasteiger charge is 2.57. The number of nitrogens with one attached hydrogen (secondary N) is 1. The number of rotatable bonds is 19. The standard InChI is InChI=1S/C39H67NO28/c1-11(23(50)14(48)4-41)60-13(3)61-36-28(55)21(33-30(57)29(56)25(52)17(6-43)62-33)16(5-42)63-39(36)67-34-22(40-12(2)47)37(64-18(7-44)26(34)53)68-35-27(54)19(8-45)65-38(31(35)58)66-32-20(9-46)59-10-15(49)24(32)51/h11,13-20,22-32,34-39,41-46,48-58H,4-10H2,1-3H3,(H,40,47)/b33-21+/t11?,13-,14+,15?,16?,17?,18?,19?,20-,22?,23?,24?,25?,26?,27?,28+,29?,30-,31?,32?,34?,35?,36?,37?,38?,39?/m0/s1. The highest BCUT2D eigenvalue weighted by molar-refractivity contribution is 5.73. The van der Waals surface area contributed by atoms with Gasteiger partial charge in [-0.05, 0) is 13.8 Å². The van der Waals surface area contributed by atoms with Gasteiger partial charge in [-0.15, -0.1) is 0 Å². The molecule has 21 unspecified atom stereocenters. The third-order valence-corrected chi connectivity index (χ3v) is 12.3. The van der Waals surface area contributed by atoms with Gasteiger partial charge in [0.25, 0.3) is 0 Å². The first-order valence-corrected chi connectivity index (χ1v) is 21.8. The van der Waals surface area contributed by atoms with Gasteiger partial charge in [-0.1, -0.05) is 0 Å². The summed E-state index contributed by atoms with van der Waals surface area (Å²) in [5.74, 6) is -1.52. The summed E-state index contributed by atoms with van der Waals surface area (Å²) in [5.41, 5.74) is -0.518. The molecular weight excluding hydrogens is 930 g/mol. The fraction of sp³-hybridized carbons (Fsp3) is 0.923. The number of amides is 1. The van der Waals surface area contributed by atoms with Crippen LogP contribution in [0.15, 0.2) is 11.3 Å². The Morgan fingerprint density at radius 3 is 1.78 bits per heavy atom. The Balaban J connectivity index is 1.52. The molecule has 18 N–H and O–H groups in total. The van der Waals surface area contributed by atoms with Crippen LogP contribution in [-0.2, 0) is 52.2 Å². The van der Waals surface area contributed by atoms with Crippen LogP contribution in [0.1, 0.15) is 20.8 Å². The van der Waals surface area contributed by atoms with Crippen LogP contribution in [0.5, 0.6) is 0 Å². The van der Waals surface area contributed by atoms with Crippen molar-refractivity contribution in [2.24, 2.45) is 0 Å². The molecule has 5 rings (SSSR count). The van der Waals surface area contributed by atoms with E-state index in [-0.39, 0.29) is 0 Å². The van der Waals surface area contributed by atoms with E-state index in [1.807, 2.05) is 0 Å². The first-order valence-electron chi connectivity index (χ1n) is 21.8. The Kier molecular flexibility index (Phi) is 21.0. The molecule has 0 aromatic heterocycles. The normalized spacial score (nSPS) is 45.5. The molecule has 29 heteroatoms. The van der Waals surface area contributed by atoms with Crippen molar-refractivity contribution in [3.8, 4) is 0 Å². The highest BCUT2D eigenvalue weighted by atomic mass is 16.8. The average Bonchev–Trinajstić information content (AvgIpc) is 3.31. The maximum Gasteiger partial charge on any atom is 0.217 e. The Morgan fingerprint density at radius 2 is 1.21 bits per heavy atom. The molecule has 5 heterocycles. The van der Waals surface area contributed by atoms with Crippen LogP contribution in [0, 0.1) is 0 Å². The number of hydrogen-bond donors (Lipinski definition) is 18. The number of carbonyl (C=O) groups excluding carboxylic acids is 1. The van der Waals surface area contributed by atoms with E-state index in [0.29, 0.717) is 0 Å². The summed E-state index contributed by atoms with van der Waals surface area (Å²) < 4.78 is 58.1. The van der Waals surface area contributed by atoms with E-state index in [1.54, 1.807) is 0 Å². The third-order valence-electron chi connectivity index (χ3n) is 12.3. The third kappa shape index (κ3) is 12.4. The van der Waals surface area contributed by atoms with Gasteiger partial charge in [0.15, 0.2) is 25.2 Å².